The number of pyridine rings is 1. The molecule has 0 aliphatic rings. The number of nitrogens with zero attached hydrogens (tertiary/aromatic N) is 2. The Balaban J connectivity index is 0.00000169. The fraction of sp³-hybridized carbons (Fsp3) is 0.545. The van der Waals surface area contributed by atoms with Gasteiger partial charge in [0.2, 0.25) is 0 Å². The summed E-state index contributed by atoms with van der Waals surface area (Å²) >= 11 is 0. The molecule has 0 atom stereocenters. The van der Waals surface area contributed by atoms with Gasteiger partial charge in [-0.05, 0) is 0 Å². The molecule has 0 amide bonds. The van der Waals surface area contributed by atoms with Crippen LogP contribution >= 0.6 is 12.4 Å². The molecule has 0 spiro atoms. The van der Waals surface area contributed by atoms with Crippen LogP contribution in [-0.4, -0.2) is 32.2 Å². The summed E-state index contributed by atoms with van der Waals surface area (Å²) in [5.74, 6) is 0. The minimum Gasteiger partial charge on any atom is -0.331 e. The summed E-state index contributed by atoms with van der Waals surface area (Å²) in [6.45, 7) is 2.35. The Morgan fingerprint density at radius 3 is 2.07 bits per heavy atom. The van der Waals surface area contributed by atoms with E-state index in [-0.39, 0.29) is 12.4 Å². The molecule has 1 aromatic heterocycles. The van der Waals surface area contributed by atoms with Crippen LogP contribution in [0.3, 0.4) is 0 Å². The molecule has 80 valence electrons. The molecule has 1 heterocycles. The van der Waals surface area contributed by atoms with Crippen LogP contribution in [0.5, 0.6) is 0 Å². The molecule has 1 rings (SSSR count). The van der Waals surface area contributed by atoms with E-state index in [1.54, 1.807) is 0 Å². The molecule has 0 radical (unpaired) electrons. The molecule has 14 heavy (non-hydrogen) atoms. The number of rotatable bonds is 4. The van der Waals surface area contributed by atoms with Gasteiger partial charge in [-0.15, -0.1) is 12.4 Å². The van der Waals surface area contributed by atoms with Crippen LogP contribution in [0.4, 0.5) is 0 Å². The highest BCUT2D eigenvalue weighted by atomic mass is 35.5. The van der Waals surface area contributed by atoms with Crippen molar-refractivity contribution in [3.05, 3.63) is 30.6 Å². The molecule has 0 aromatic carbocycles. The highest BCUT2D eigenvalue weighted by Gasteiger charge is 2.07. The lowest BCUT2D eigenvalue weighted by Gasteiger charge is -2.22. The number of aryl methyl sites for hydroxylation is 1. The molecule has 3 heteroatoms. The smallest absolute Gasteiger partial charge is 0.168 e. The number of quaternary nitrogens is 1. The van der Waals surface area contributed by atoms with Crippen molar-refractivity contribution in [1.29, 1.82) is 0 Å². The molecule has 0 saturated carbocycles. The predicted octanol–water partition coefficient (Wildman–Crippen LogP) is 1.49. The highest BCUT2D eigenvalue weighted by molar-refractivity contribution is 5.85. The lowest BCUT2D eigenvalue weighted by Crippen LogP contribution is -2.39. The monoisotopic (exact) mass is 216 g/mol. The molecule has 0 aliphatic heterocycles. The zero-order valence-electron chi connectivity index (χ0n) is 9.31. The first-order valence-corrected chi connectivity index (χ1v) is 4.82. The van der Waals surface area contributed by atoms with Crippen LogP contribution in [0, 0.1) is 0 Å². The van der Waals surface area contributed by atoms with E-state index < -0.39 is 0 Å². The average molecular weight is 217 g/mol. The van der Waals surface area contributed by atoms with Gasteiger partial charge in [0.15, 0.2) is 18.9 Å². The van der Waals surface area contributed by atoms with Crippen molar-refractivity contribution in [3.63, 3.8) is 0 Å². The summed E-state index contributed by atoms with van der Waals surface area (Å²) in [5.41, 5.74) is 0. The molecule has 0 fully saturated rings. The SMILES string of the molecule is C[N+](C)(C)CCC[n+]1ccccc1.Cl. The van der Waals surface area contributed by atoms with Gasteiger partial charge in [-0.25, -0.2) is 4.57 Å². The largest absolute Gasteiger partial charge is 0.331 e. The van der Waals surface area contributed by atoms with Gasteiger partial charge in [0.1, 0.15) is 0 Å². The second-order valence-corrected chi connectivity index (χ2v) is 4.48. The molecule has 0 saturated heterocycles. The van der Waals surface area contributed by atoms with E-state index in [1.165, 1.54) is 13.0 Å². The van der Waals surface area contributed by atoms with E-state index in [0.717, 1.165) is 11.0 Å². The summed E-state index contributed by atoms with van der Waals surface area (Å²) in [5, 5.41) is 0. The minimum absolute atomic E-state index is 0. The number of hydrogen-bond acceptors (Lipinski definition) is 0. The second-order valence-electron chi connectivity index (χ2n) is 4.48. The van der Waals surface area contributed by atoms with Crippen LogP contribution in [-0.2, 0) is 6.54 Å². The lowest BCUT2D eigenvalue weighted by molar-refractivity contribution is -0.873. The Hall–Kier alpha value is -0.600. The fourth-order valence-electron chi connectivity index (χ4n) is 1.31. The normalized spacial score (nSPS) is 10.8. The topological polar surface area (TPSA) is 3.88 Å². The van der Waals surface area contributed by atoms with E-state index >= 15 is 0 Å². The third-order valence-electron chi connectivity index (χ3n) is 2.02. The van der Waals surface area contributed by atoms with Gasteiger partial charge < -0.3 is 4.48 Å². The minimum atomic E-state index is 0. The Morgan fingerprint density at radius 1 is 1.00 bits per heavy atom. The van der Waals surface area contributed by atoms with Crippen molar-refractivity contribution in [2.75, 3.05) is 27.7 Å². The van der Waals surface area contributed by atoms with E-state index in [1.807, 2.05) is 0 Å². The molecule has 0 N–H and O–H groups in total. The summed E-state index contributed by atoms with van der Waals surface area (Å²) in [7, 11) is 6.70. The van der Waals surface area contributed by atoms with Gasteiger partial charge in [0, 0.05) is 12.1 Å². The van der Waals surface area contributed by atoms with Crippen molar-refractivity contribution >= 4 is 12.4 Å². The maximum atomic E-state index is 2.23. The van der Waals surface area contributed by atoms with E-state index in [2.05, 4.69) is 56.3 Å². The van der Waals surface area contributed by atoms with Crippen molar-refractivity contribution in [3.8, 4) is 0 Å². The summed E-state index contributed by atoms with van der Waals surface area (Å²) < 4.78 is 3.28. The number of hydrogen-bond donors (Lipinski definition) is 0. The van der Waals surface area contributed by atoms with Crippen LogP contribution < -0.4 is 4.57 Å². The van der Waals surface area contributed by atoms with Crippen LogP contribution in [0.1, 0.15) is 6.42 Å². The highest BCUT2D eigenvalue weighted by Crippen LogP contribution is 1.92. The third-order valence-corrected chi connectivity index (χ3v) is 2.02. The first-order valence-electron chi connectivity index (χ1n) is 4.82. The van der Waals surface area contributed by atoms with Gasteiger partial charge in [-0.2, -0.15) is 0 Å². The quantitative estimate of drug-likeness (QED) is 0.531. The van der Waals surface area contributed by atoms with E-state index in [9.17, 15) is 0 Å². The first kappa shape index (κ1) is 13.4. The summed E-state index contributed by atoms with van der Waals surface area (Å²) in [6.07, 6.45) is 5.48. The van der Waals surface area contributed by atoms with E-state index in [0.29, 0.717) is 0 Å². The molecule has 0 unspecified atom stereocenters. The van der Waals surface area contributed by atoms with Crippen LogP contribution in [0.15, 0.2) is 30.6 Å². The molecule has 2 nitrogen and oxygen atoms in total. The van der Waals surface area contributed by atoms with Crippen LogP contribution in [0.2, 0.25) is 0 Å². The van der Waals surface area contributed by atoms with Crippen molar-refractivity contribution in [2.24, 2.45) is 0 Å². The number of aromatic nitrogens is 1. The van der Waals surface area contributed by atoms with Gasteiger partial charge in [0.05, 0.1) is 34.1 Å². The summed E-state index contributed by atoms with van der Waals surface area (Å²) in [6, 6.07) is 6.20. The van der Waals surface area contributed by atoms with Gasteiger partial charge in [0.25, 0.3) is 0 Å². The van der Waals surface area contributed by atoms with Crippen molar-refractivity contribution in [1.82, 2.24) is 0 Å². The molecule has 0 bridgehead atoms. The third kappa shape index (κ3) is 5.95. The zero-order valence-corrected chi connectivity index (χ0v) is 10.1. The Morgan fingerprint density at radius 2 is 1.57 bits per heavy atom. The molecular formula is C11H21ClN2+2. The molecular weight excluding hydrogens is 196 g/mol. The van der Waals surface area contributed by atoms with Gasteiger partial charge >= 0.3 is 0 Å². The maximum Gasteiger partial charge on any atom is 0.168 e. The Bertz CT molecular complexity index is 241. The maximum absolute atomic E-state index is 2.23. The standard InChI is InChI=1S/C11H20N2.ClH/c1-13(2,3)11-7-10-12-8-5-4-6-9-12;/h4-6,8-9H,7,10-11H2,1-3H3;1H/q+2;. The van der Waals surface area contributed by atoms with Gasteiger partial charge in [-0.3, -0.25) is 0 Å². The van der Waals surface area contributed by atoms with E-state index in [4.69, 9.17) is 0 Å². The predicted molar refractivity (Wildman–Crippen MR) is 61.4 cm³/mol. The van der Waals surface area contributed by atoms with Crippen molar-refractivity contribution in [2.45, 2.75) is 13.0 Å². The molecule has 0 aliphatic carbocycles. The van der Waals surface area contributed by atoms with Gasteiger partial charge in [-0.1, -0.05) is 6.07 Å². The lowest BCUT2D eigenvalue weighted by atomic mass is 10.3. The Kier molecular flexibility index (Phi) is 5.73. The average Bonchev–Trinajstić information content (AvgIpc) is 2.04. The van der Waals surface area contributed by atoms with Crippen molar-refractivity contribution < 1.29 is 9.05 Å². The molecule has 1 aromatic rings. The summed E-state index contributed by atoms with van der Waals surface area (Å²) in [4.78, 5) is 0. The van der Waals surface area contributed by atoms with Crippen LogP contribution in [0.25, 0.3) is 0 Å². The first-order chi connectivity index (χ1) is 6.08. The Labute approximate surface area is 93.2 Å². The second kappa shape index (κ2) is 5.99. The zero-order chi connectivity index (χ0) is 9.73. The fourth-order valence-corrected chi connectivity index (χ4v) is 1.31. The number of halogens is 1.